The Kier molecular flexibility index (Phi) is 6.98. The number of piperidine rings is 1. The first-order chi connectivity index (χ1) is 17.8. The number of ether oxygens (including phenoxy) is 1. The van der Waals surface area contributed by atoms with Crippen LogP contribution in [0.5, 0.6) is 5.75 Å². The van der Waals surface area contributed by atoms with Crippen molar-refractivity contribution in [2.24, 2.45) is 11.3 Å². The van der Waals surface area contributed by atoms with Crippen molar-refractivity contribution in [1.29, 1.82) is 0 Å². The molecule has 2 N–H and O–H groups in total. The molecule has 2 amide bonds. The van der Waals surface area contributed by atoms with Crippen LogP contribution in [0.1, 0.15) is 31.2 Å². The van der Waals surface area contributed by atoms with Crippen molar-refractivity contribution in [3.8, 4) is 5.75 Å². The maximum Gasteiger partial charge on any atom is 0.260 e. The van der Waals surface area contributed by atoms with E-state index >= 15 is 0 Å². The van der Waals surface area contributed by atoms with Gasteiger partial charge >= 0.3 is 0 Å². The summed E-state index contributed by atoms with van der Waals surface area (Å²) in [6.45, 7) is 1.13. The molecule has 0 unspecified atom stereocenters. The lowest BCUT2D eigenvalue weighted by atomic mass is 9.79. The molecule has 1 saturated heterocycles. The fourth-order valence-electron chi connectivity index (χ4n) is 4.80. The van der Waals surface area contributed by atoms with Crippen molar-refractivity contribution >= 4 is 32.6 Å². The molecule has 0 atom stereocenters. The highest BCUT2D eigenvalue weighted by atomic mass is 32.2. The van der Waals surface area contributed by atoms with Gasteiger partial charge in [0.25, 0.3) is 11.8 Å². The number of amides is 2. The first kappa shape index (κ1) is 25.3. The topological polar surface area (TPSA) is 126 Å². The maximum atomic E-state index is 13.4. The second-order valence-corrected chi connectivity index (χ2v) is 11.8. The number of pyridine rings is 1. The third kappa shape index (κ3) is 5.36. The van der Waals surface area contributed by atoms with Gasteiger partial charge in [-0.3, -0.25) is 19.8 Å². The second-order valence-electron chi connectivity index (χ2n) is 9.77. The van der Waals surface area contributed by atoms with Gasteiger partial charge in [-0.05, 0) is 80.7 Å². The number of hydroxylamine groups is 2. The van der Waals surface area contributed by atoms with E-state index in [9.17, 15) is 23.2 Å². The van der Waals surface area contributed by atoms with Crippen LogP contribution in [0.4, 0.5) is 0 Å². The molecular formula is C27H29N3O6S. The lowest BCUT2D eigenvalue weighted by Crippen LogP contribution is -2.53. The van der Waals surface area contributed by atoms with E-state index in [2.05, 4.69) is 10.3 Å². The Bertz CT molecular complexity index is 1410. The van der Waals surface area contributed by atoms with E-state index < -0.39 is 32.8 Å². The zero-order valence-electron chi connectivity index (χ0n) is 20.3. The van der Waals surface area contributed by atoms with Gasteiger partial charge in [0.05, 0.1) is 21.6 Å². The predicted molar refractivity (Wildman–Crippen MR) is 135 cm³/mol. The third-order valence-electron chi connectivity index (χ3n) is 7.12. The average molecular weight is 524 g/mol. The minimum Gasteiger partial charge on any atom is -0.489 e. The summed E-state index contributed by atoms with van der Waals surface area (Å²) in [7, 11) is -3.90. The van der Waals surface area contributed by atoms with Crippen molar-refractivity contribution in [1.82, 2.24) is 15.4 Å². The van der Waals surface area contributed by atoms with Gasteiger partial charge in [-0.1, -0.05) is 18.2 Å². The van der Waals surface area contributed by atoms with Gasteiger partial charge in [-0.15, -0.1) is 0 Å². The van der Waals surface area contributed by atoms with Crippen LogP contribution in [0.15, 0.2) is 65.7 Å². The SMILES string of the molecule is O=C(C1CC1)N(O)C(=O)C1(CS(=O)(=O)c2ccc(OCc3cccc4ncccc34)cc2)CCNCC1. The van der Waals surface area contributed by atoms with Crippen LogP contribution in [0, 0.1) is 11.3 Å². The number of benzene rings is 2. The number of hydrogen-bond acceptors (Lipinski definition) is 8. The molecule has 1 aliphatic carbocycles. The summed E-state index contributed by atoms with van der Waals surface area (Å²) < 4.78 is 32.7. The van der Waals surface area contributed by atoms with Crippen LogP contribution < -0.4 is 10.1 Å². The summed E-state index contributed by atoms with van der Waals surface area (Å²) in [5, 5.41) is 14.6. The number of imide groups is 1. The molecule has 0 radical (unpaired) electrons. The highest BCUT2D eigenvalue weighted by molar-refractivity contribution is 7.91. The summed E-state index contributed by atoms with van der Waals surface area (Å²) in [6, 6.07) is 15.7. The molecule has 37 heavy (non-hydrogen) atoms. The molecule has 194 valence electrons. The average Bonchev–Trinajstić information content (AvgIpc) is 3.77. The first-order valence-electron chi connectivity index (χ1n) is 12.4. The van der Waals surface area contributed by atoms with Gasteiger partial charge < -0.3 is 10.1 Å². The summed E-state index contributed by atoms with van der Waals surface area (Å²) >= 11 is 0. The largest absolute Gasteiger partial charge is 0.489 e. The molecule has 5 rings (SSSR count). The number of carbonyl (C=O) groups is 2. The Morgan fingerprint density at radius 3 is 2.49 bits per heavy atom. The summed E-state index contributed by atoms with van der Waals surface area (Å²) in [5.74, 6) is -1.83. The van der Waals surface area contributed by atoms with Gasteiger partial charge in [0, 0.05) is 17.5 Å². The zero-order valence-corrected chi connectivity index (χ0v) is 21.1. The van der Waals surface area contributed by atoms with E-state index in [1.165, 1.54) is 12.1 Å². The van der Waals surface area contributed by atoms with Crippen LogP contribution in [-0.2, 0) is 26.0 Å². The van der Waals surface area contributed by atoms with Crippen LogP contribution in [0.2, 0.25) is 0 Å². The highest BCUT2D eigenvalue weighted by Gasteiger charge is 2.49. The molecule has 0 bridgehead atoms. The fourth-order valence-corrected chi connectivity index (χ4v) is 6.65. The Morgan fingerprint density at radius 1 is 1.05 bits per heavy atom. The van der Waals surface area contributed by atoms with Gasteiger partial charge in [-0.2, -0.15) is 5.06 Å². The predicted octanol–water partition coefficient (Wildman–Crippen LogP) is 3.11. The van der Waals surface area contributed by atoms with Crippen molar-refractivity contribution in [3.63, 3.8) is 0 Å². The lowest BCUT2D eigenvalue weighted by Gasteiger charge is -2.37. The normalized spacial score (nSPS) is 17.3. The fraction of sp³-hybridized carbons (Fsp3) is 0.370. The van der Waals surface area contributed by atoms with Crippen molar-refractivity contribution in [2.75, 3.05) is 18.8 Å². The molecule has 2 fully saturated rings. The Hall–Kier alpha value is -3.34. The summed E-state index contributed by atoms with van der Waals surface area (Å²) in [4.78, 5) is 29.9. The number of nitrogens with zero attached hydrogens (tertiary/aromatic N) is 2. The van der Waals surface area contributed by atoms with Crippen LogP contribution >= 0.6 is 0 Å². The molecule has 0 spiro atoms. The maximum absolute atomic E-state index is 13.4. The number of hydrogen-bond donors (Lipinski definition) is 2. The molecule has 1 aliphatic heterocycles. The summed E-state index contributed by atoms with van der Waals surface area (Å²) in [6.07, 6.45) is 3.41. The molecule has 1 aromatic heterocycles. The first-order valence-corrected chi connectivity index (χ1v) is 14.0. The van der Waals surface area contributed by atoms with E-state index in [0.717, 1.165) is 16.5 Å². The number of aromatic nitrogens is 1. The molecule has 1 saturated carbocycles. The van der Waals surface area contributed by atoms with E-state index in [4.69, 9.17) is 4.74 Å². The van der Waals surface area contributed by atoms with Gasteiger partial charge in [-0.25, -0.2) is 8.42 Å². The van der Waals surface area contributed by atoms with E-state index in [1.807, 2.05) is 30.3 Å². The quantitative estimate of drug-likeness (QED) is 0.262. The van der Waals surface area contributed by atoms with Crippen molar-refractivity contribution < 1.29 is 28.0 Å². The minimum absolute atomic E-state index is 0.0536. The molecule has 2 heterocycles. The lowest BCUT2D eigenvalue weighted by molar-refractivity contribution is -0.188. The van der Waals surface area contributed by atoms with Gasteiger partial charge in [0.2, 0.25) is 0 Å². The van der Waals surface area contributed by atoms with Gasteiger partial charge in [0.15, 0.2) is 9.84 Å². The van der Waals surface area contributed by atoms with E-state index in [0.29, 0.717) is 38.3 Å². The summed E-state index contributed by atoms with van der Waals surface area (Å²) in [5.41, 5.74) is 0.454. The molecule has 9 nitrogen and oxygen atoms in total. The van der Waals surface area contributed by atoms with Crippen molar-refractivity contribution in [3.05, 3.63) is 66.4 Å². The number of carbonyl (C=O) groups excluding carboxylic acids is 2. The number of sulfone groups is 1. The number of fused-ring (bicyclic) bond motifs is 1. The Labute approximate surface area is 215 Å². The Balaban J connectivity index is 1.30. The highest BCUT2D eigenvalue weighted by Crippen LogP contribution is 2.37. The molecule has 3 aromatic rings. The van der Waals surface area contributed by atoms with Crippen LogP contribution in [-0.4, -0.2) is 54.3 Å². The molecule has 2 aliphatic rings. The molecular weight excluding hydrogens is 494 g/mol. The smallest absolute Gasteiger partial charge is 0.260 e. The Morgan fingerprint density at radius 2 is 1.78 bits per heavy atom. The third-order valence-corrected chi connectivity index (χ3v) is 9.04. The van der Waals surface area contributed by atoms with Crippen molar-refractivity contribution in [2.45, 2.75) is 37.2 Å². The number of rotatable bonds is 8. The van der Waals surface area contributed by atoms with E-state index in [1.54, 1.807) is 18.3 Å². The minimum atomic E-state index is -3.90. The molecule has 10 heteroatoms. The molecule has 2 aromatic carbocycles. The van der Waals surface area contributed by atoms with E-state index in [-0.39, 0.29) is 28.7 Å². The zero-order chi connectivity index (χ0) is 26.0. The second kappa shape index (κ2) is 10.2. The van der Waals surface area contributed by atoms with Crippen LogP contribution in [0.3, 0.4) is 0 Å². The standard InChI is InChI=1S/C27H29N3O6S/c31-25(19-6-7-19)30(33)26(32)27(12-15-28-16-13-27)18-37(34,35)22-10-8-21(9-11-22)36-17-20-3-1-5-24-23(20)4-2-14-29-24/h1-5,8-11,14,19,28,33H,6-7,12-13,15-18H2. The monoisotopic (exact) mass is 523 g/mol. The van der Waals surface area contributed by atoms with Crippen LogP contribution in [0.25, 0.3) is 10.9 Å². The number of nitrogens with one attached hydrogen (secondary N) is 1. The van der Waals surface area contributed by atoms with Gasteiger partial charge in [0.1, 0.15) is 12.4 Å².